The van der Waals surface area contributed by atoms with Gasteiger partial charge in [0, 0.05) is 6.61 Å². The Kier molecular flexibility index (Phi) is 5.23. The molecule has 0 saturated heterocycles. The molecule has 0 fully saturated rings. The van der Waals surface area contributed by atoms with Crippen LogP contribution in [0.4, 0.5) is 0 Å². The fraction of sp³-hybridized carbons (Fsp3) is 0.294. The largest absolute Gasteiger partial charge is 0.427 e. The van der Waals surface area contributed by atoms with Gasteiger partial charge in [0.1, 0.15) is 0 Å². The smallest absolute Gasteiger partial charge is 0.361 e. The van der Waals surface area contributed by atoms with Gasteiger partial charge in [-0.05, 0) is 16.8 Å². The summed E-state index contributed by atoms with van der Waals surface area (Å²) in [6.07, 6.45) is 1.15. The van der Waals surface area contributed by atoms with Crippen LogP contribution in [0.5, 0.6) is 0 Å². The van der Waals surface area contributed by atoms with Crippen LogP contribution in [-0.2, 0) is 4.65 Å². The summed E-state index contributed by atoms with van der Waals surface area (Å²) in [5, 5.41) is 0. The zero-order chi connectivity index (χ0) is 13.5. The van der Waals surface area contributed by atoms with E-state index in [0.29, 0.717) is 5.92 Å². The van der Waals surface area contributed by atoms with E-state index in [1.165, 1.54) is 10.9 Å². The highest BCUT2D eigenvalue weighted by molar-refractivity contribution is 6.80. The van der Waals surface area contributed by atoms with E-state index in [4.69, 9.17) is 4.65 Å². The molecule has 0 aliphatic heterocycles. The molecular weight excluding hydrogens is 231 g/mol. The van der Waals surface area contributed by atoms with Crippen LogP contribution in [0.3, 0.4) is 0 Å². The van der Waals surface area contributed by atoms with Crippen molar-refractivity contribution in [1.29, 1.82) is 0 Å². The third-order valence-electron chi connectivity index (χ3n) is 3.45. The van der Waals surface area contributed by atoms with E-state index in [2.05, 4.69) is 62.4 Å². The fourth-order valence-electron chi connectivity index (χ4n) is 2.02. The number of hydrogen-bond donors (Lipinski definition) is 0. The topological polar surface area (TPSA) is 9.23 Å². The van der Waals surface area contributed by atoms with Crippen molar-refractivity contribution in [3.05, 3.63) is 60.7 Å². The van der Waals surface area contributed by atoms with Gasteiger partial charge in [0.2, 0.25) is 0 Å². The molecule has 0 bridgehead atoms. The molecule has 1 unspecified atom stereocenters. The molecule has 2 aromatic rings. The maximum Gasteiger partial charge on any atom is 0.361 e. The van der Waals surface area contributed by atoms with Crippen molar-refractivity contribution in [2.45, 2.75) is 20.3 Å². The van der Waals surface area contributed by atoms with E-state index in [1.54, 1.807) is 0 Å². The third kappa shape index (κ3) is 3.97. The molecular formula is C17H21BO. The average Bonchev–Trinajstić information content (AvgIpc) is 2.49. The lowest BCUT2D eigenvalue weighted by atomic mass is 9.55. The Bertz CT molecular complexity index is 430. The zero-order valence-electron chi connectivity index (χ0n) is 11.8. The van der Waals surface area contributed by atoms with Crippen LogP contribution < -0.4 is 10.9 Å². The van der Waals surface area contributed by atoms with Crippen LogP contribution in [-0.4, -0.2) is 13.5 Å². The first-order valence-electron chi connectivity index (χ1n) is 7.02. The van der Waals surface area contributed by atoms with Gasteiger partial charge < -0.3 is 4.65 Å². The van der Waals surface area contributed by atoms with E-state index < -0.39 is 0 Å². The Morgan fingerprint density at radius 1 is 0.895 bits per heavy atom. The van der Waals surface area contributed by atoms with Crippen LogP contribution in [0.25, 0.3) is 0 Å². The zero-order valence-corrected chi connectivity index (χ0v) is 11.8. The second-order valence-corrected chi connectivity index (χ2v) is 5.05. The maximum absolute atomic E-state index is 6.17. The molecule has 0 aliphatic carbocycles. The average molecular weight is 252 g/mol. The second-order valence-electron chi connectivity index (χ2n) is 5.05. The van der Waals surface area contributed by atoms with Crippen molar-refractivity contribution in [3.8, 4) is 0 Å². The predicted molar refractivity (Wildman–Crippen MR) is 83.3 cm³/mol. The fourth-order valence-corrected chi connectivity index (χ4v) is 2.02. The van der Waals surface area contributed by atoms with Gasteiger partial charge in [-0.25, -0.2) is 0 Å². The van der Waals surface area contributed by atoms with Crippen LogP contribution >= 0.6 is 0 Å². The van der Waals surface area contributed by atoms with Gasteiger partial charge >= 0.3 is 6.92 Å². The van der Waals surface area contributed by atoms with E-state index in [-0.39, 0.29) is 6.92 Å². The Labute approximate surface area is 116 Å². The molecule has 2 heteroatoms. The van der Waals surface area contributed by atoms with Gasteiger partial charge in [-0.3, -0.25) is 0 Å². The molecule has 0 aliphatic rings. The molecule has 0 aromatic heterocycles. The molecule has 19 heavy (non-hydrogen) atoms. The van der Waals surface area contributed by atoms with Crippen molar-refractivity contribution in [3.63, 3.8) is 0 Å². The SMILES string of the molecule is CCC(C)COB(c1ccccc1)c1ccccc1. The minimum atomic E-state index is 0.0383. The van der Waals surface area contributed by atoms with Crippen molar-refractivity contribution < 1.29 is 4.65 Å². The van der Waals surface area contributed by atoms with Gasteiger partial charge in [-0.1, -0.05) is 80.9 Å². The highest BCUT2D eigenvalue weighted by Crippen LogP contribution is 2.03. The minimum Gasteiger partial charge on any atom is -0.427 e. The standard InChI is InChI=1S/C17H21BO/c1-3-15(2)14-19-18(16-10-6-4-7-11-16)17-12-8-5-9-13-17/h4-13,15H,3,14H2,1-2H3. The van der Waals surface area contributed by atoms with Crippen molar-refractivity contribution in [2.24, 2.45) is 5.92 Å². The first kappa shape index (κ1) is 13.9. The minimum absolute atomic E-state index is 0.0383. The Morgan fingerprint density at radius 3 is 1.79 bits per heavy atom. The first-order chi connectivity index (χ1) is 9.31. The lowest BCUT2D eigenvalue weighted by Crippen LogP contribution is -2.45. The highest BCUT2D eigenvalue weighted by Gasteiger charge is 2.21. The number of benzene rings is 2. The first-order valence-corrected chi connectivity index (χ1v) is 7.02. The molecule has 0 amide bonds. The maximum atomic E-state index is 6.17. The van der Waals surface area contributed by atoms with Crippen molar-refractivity contribution in [1.82, 2.24) is 0 Å². The van der Waals surface area contributed by atoms with E-state index in [0.717, 1.165) is 13.0 Å². The molecule has 1 nitrogen and oxygen atoms in total. The summed E-state index contributed by atoms with van der Waals surface area (Å²) in [4.78, 5) is 0. The molecule has 0 spiro atoms. The number of hydrogen-bond acceptors (Lipinski definition) is 1. The van der Waals surface area contributed by atoms with Crippen LogP contribution in [0.15, 0.2) is 60.7 Å². The van der Waals surface area contributed by atoms with Gasteiger partial charge in [0.05, 0.1) is 0 Å². The normalized spacial score (nSPS) is 12.1. The Hall–Kier alpha value is -1.54. The quantitative estimate of drug-likeness (QED) is 0.718. The molecule has 0 heterocycles. The van der Waals surface area contributed by atoms with Gasteiger partial charge in [-0.2, -0.15) is 0 Å². The summed E-state index contributed by atoms with van der Waals surface area (Å²) < 4.78 is 6.17. The van der Waals surface area contributed by atoms with E-state index in [1.807, 2.05) is 12.1 Å². The predicted octanol–water partition coefficient (Wildman–Crippen LogP) is 2.86. The molecule has 0 N–H and O–H groups in total. The summed E-state index contributed by atoms with van der Waals surface area (Å²) in [6.45, 7) is 5.27. The Morgan fingerprint density at radius 2 is 1.37 bits per heavy atom. The lowest BCUT2D eigenvalue weighted by molar-refractivity contribution is 0.266. The molecule has 0 saturated carbocycles. The molecule has 0 radical (unpaired) electrons. The summed E-state index contributed by atoms with van der Waals surface area (Å²) in [6, 6.07) is 20.9. The molecule has 1 atom stereocenters. The third-order valence-corrected chi connectivity index (χ3v) is 3.45. The highest BCUT2D eigenvalue weighted by atomic mass is 16.4. The van der Waals surface area contributed by atoms with Crippen LogP contribution in [0, 0.1) is 5.92 Å². The molecule has 2 aromatic carbocycles. The molecule has 98 valence electrons. The summed E-state index contributed by atoms with van der Waals surface area (Å²) in [5.74, 6) is 0.593. The summed E-state index contributed by atoms with van der Waals surface area (Å²) >= 11 is 0. The van der Waals surface area contributed by atoms with Gasteiger partial charge in [0.15, 0.2) is 0 Å². The van der Waals surface area contributed by atoms with Crippen molar-refractivity contribution >= 4 is 17.8 Å². The van der Waals surface area contributed by atoms with Crippen LogP contribution in [0.1, 0.15) is 20.3 Å². The van der Waals surface area contributed by atoms with Crippen molar-refractivity contribution in [2.75, 3.05) is 6.61 Å². The summed E-state index contributed by atoms with van der Waals surface area (Å²) in [7, 11) is 0. The Balaban J connectivity index is 2.19. The number of rotatable bonds is 6. The van der Waals surface area contributed by atoms with E-state index in [9.17, 15) is 0 Å². The van der Waals surface area contributed by atoms with Crippen LogP contribution in [0.2, 0.25) is 0 Å². The lowest BCUT2D eigenvalue weighted by Gasteiger charge is -2.18. The van der Waals surface area contributed by atoms with Gasteiger partial charge in [-0.15, -0.1) is 0 Å². The van der Waals surface area contributed by atoms with Gasteiger partial charge in [0.25, 0.3) is 0 Å². The monoisotopic (exact) mass is 252 g/mol. The van der Waals surface area contributed by atoms with E-state index >= 15 is 0 Å². The summed E-state index contributed by atoms with van der Waals surface area (Å²) in [5.41, 5.74) is 2.44. The molecule has 2 rings (SSSR count). The second kappa shape index (κ2) is 7.15.